The fourth-order valence-electron chi connectivity index (χ4n) is 1.72. The van der Waals surface area contributed by atoms with E-state index in [1.165, 1.54) is 6.08 Å². The maximum absolute atomic E-state index is 11.4. The van der Waals surface area contributed by atoms with Crippen LogP contribution in [0.1, 0.15) is 5.56 Å². The summed E-state index contributed by atoms with van der Waals surface area (Å²) < 4.78 is 5.72. The van der Waals surface area contributed by atoms with Crippen LogP contribution in [-0.2, 0) is 4.79 Å². The van der Waals surface area contributed by atoms with Crippen LogP contribution in [0.2, 0.25) is 0 Å². The zero-order chi connectivity index (χ0) is 14.9. The average Bonchev–Trinajstić information content (AvgIpc) is 2.52. The van der Waals surface area contributed by atoms with Crippen molar-refractivity contribution in [3.05, 3.63) is 66.2 Å². The lowest BCUT2D eigenvalue weighted by atomic mass is 10.2. The van der Waals surface area contributed by atoms with Crippen molar-refractivity contribution >= 4 is 12.0 Å². The minimum Gasteiger partial charge on any atom is -0.457 e. The highest BCUT2D eigenvalue weighted by Crippen LogP contribution is 2.22. The van der Waals surface area contributed by atoms with Crippen molar-refractivity contribution in [3.8, 4) is 11.5 Å². The van der Waals surface area contributed by atoms with E-state index in [0.29, 0.717) is 5.75 Å². The molecule has 4 nitrogen and oxygen atoms in total. The molecule has 2 aromatic carbocycles. The molecular weight excluding hydrogens is 266 g/mol. The highest BCUT2D eigenvalue weighted by molar-refractivity contribution is 5.91. The molecule has 1 amide bonds. The van der Waals surface area contributed by atoms with Crippen molar-refractivity contribution < 1.29 is 14.6 Å². The van der Waals surface area contributed by atoms with Crippen LogP contribution in [0.4, 0.5) is 0 Å². The molecule has 2 rings (SSSR count). The van der Waals surface area contributed by atoms with E-state index in [2.05, 4.69) is 5.32 Å². The third-order valence-corrected chi connectivity index (χ3v) is 2.68. The summed E-state index contributed by atoms with van der Waals surface area (Å²) >= 11 is 0. The summed E-state index contributed by atoms with van der Waals surface area (Å²) in [5.74, 6) is 1.23. The van der Waals surface area contributed by atoms with E-state index in [4.69, 9.17) is 9.84 Å². The first kappa shape index (κ1) is 14.8. The van der Waals surface area contributed by atoms with Crippen molar-refractivity contribution in [1.29, 1.82) is 0 Å². The second-order valence-corrected chi connectivity index (χ2v) is 4.34. The van der Waals surface area contributed by atoms with Gasteiger partial charge in [-0.05, 0) is 35.9 Å². The van der Waals surface area contributed by atoms with E-state index in [1.807, 2.05) is 54.6 Å². The normalized spacial score (nSPS) is 10.5. The van der Waals surface area contributed by atoms with E-state index in [0.717, 1.165) is 11.3 Å². The molecule has 2 aromatic rings. The molecule has 2 N–H and O–H groups in total. The van der Waals surface area contributed by atoms with Gasteiger partial charge in [-0.2, -0.15) is 0 Å². The first-order chi connectivity index (χ1) is 10.3. The van der Waals surface area contributed by atoms with Gasteiger partial charge in [0, 0.05) is 12.6 Å². The van der Waals surface area contributed by atoms with Gasteiger partial charge < -0.3 is 15.2 Å². The quantitative estimate of drug-likeness (QED) is 0.801. The van der Waals surface area contributed by atoms with Crippen molar-refractivity contribution in [3.63, 3.8) is 0 Å². The monoisotopic (exact) mass is 283 g/mol. The topological polar surface area (TPSA) is 58.6 Å². The van der Waals surface area contributed by atoms with Gasteiger partial charge in [0.25, 0.3) is 0 Å². The van der Waals surface area contributed by atoms with Crippen LogP contribution in [0.5, 0.6) is 11.5 Å². The standard InChI is InChI=1S/C17H17NO3/c19-12-11-18-17(20)10-9-14-5-4-8-16(13-14)21-15-6-2-1-3-7-15/h1-10,13,19H,11-12H2,(H,18,20)/b10-9+. The molecule has 0 heterocycles. The highest BCUT2D eigenvalue weighted by Gasteiger charge is 1.98. The Labute approximate surface area is 123 Å². The molecule has 0 atom stereocenters. The molecule has 0 saturated heterocycles. The number of hydrogen-bond acceptors (Lipinski definition) is 3. The van der Waals surface area contributed by atoms with Crippen LogP contribution < -0.4 is 10.1 Å². The molecular formula is C17H17NO3. The Morgan fingerprint density at radius 2 is 1.86 bits per heavy atom. The molecule has 0 bridgehead atoms. The van der Waals surface area contributed by atoms with Crippen LogP contribution in [0.3, 0.4) is 0 Å². The zero-order valence-corrected chi connectivity index (χ0v) is 11.5. The highest BCUT2D eigenvalue weighted by atomic mass is 16.5. The third kappa shape index (κ3) is 5.12. The minimum atomic E-state index is -0.238. The number of benzene rings is 2. The van der Waals surface area contributed by atoms with E-state index in [9.17, 15) is 4.79 Å². The lowest BCUT2D eigenvalue weighted by molar-refractivity contribution is -0.116. The predicted octanol–water partition coefficient (Wildman–Crippen LogP) is 2.60. The maximum atomic E-state index is 11.4. The number of aliphatic hydroxyl groups excluding tert-OH is 1. The SMILES string of the molecule is O=C(/C=C/c1cccc(Oc2ccccc2)c1)NCCO. The Bertz CT molecular complexity index is 608. The molecule has 0 aliphatic heterocycles. The molecule has 0 aliphatic carbocycles. The van der Waals surface area contributed by atoms with Crippen LogP contribution in [-0.4, -0.2) is 24.2 Å². The second-order valence-electron chi connectivity index (χ2n) is 4.34. The van der Waals surface area contributed by atoms with Gasteiger partial charge in [0.05, 0.1) is 6.61 Å². The number of carbonyl (C=O) groups is 1. The number of ether oxygens (including phenoxy) is 1. The summed E-state index contributed by atoms with van der Waals surface area (Å²) in [4.78, 5) is 11.4. The lowest BCUT2D eigenvalue weighted by Crippen LogP contribution is -2.24. The molecule has 0 aliphatic rings. The maximum Gasteiger partial charge on any atom is 0.244 e. The molecule has 0 unspecified atom stereocenters. The number of amides is 1. The Morgan fingerprint density at radius 1 is 1.10 bits per heavy atom. The smallest absolute Gasteiger partial charge is 0.244 e. The molecule has 0 radical (unpaired) electrons. The fourth-order valence-corrected chi connectivity index (χ4v) is 1.72. The molecule has 108 valence electrons. The Balaban J connectivity index is 2.01. The van der Waals surface area contributed by atoms with Gasteiger partial charge in [-0.1, -0.05) is 30.3 Å². The van der Waals surface area contributed by atoms with Crippen LogP contribution in [0.25, 0.3) is 6.08 Å². The van der Waals surface area contributed by atoms with Gasteiger partial charge in [0.2, 0.25) is 5.91 Å². The van der Waals surface area contributed by atoms with Crippen LogP contribution in [0.15, 0.2) is 60.7 Å². The first-order valence-electron chi connectivity index (χ1n) is 6.67. The van der Waals surface area contributed by atoms with Crippen LogP contribution in [0, 0.1) is 0 Å². The van der Waals surface area contributed by atoms with Crippen molar-refractivity contribution in [2.45, 2.75) is 0 Å². The van der Waals surface area contributed by atoms with Gasteiger partial charge in [0.15, 0.2) is 0 Å². The number of hydrogen-bond donors (Lipinski definition) is 2. The largest absolute Gasteiger partial charge is 0.457 e. The zero-order valence-electron chi connectivity index (χ0n) is 11.5. The minimum absolute atomic E-state index is 0.0695. The van der Waals surface area contributed by atoms with Crippen LogP contribution >= 0.6 is 0 Å². The van der Waals surface area contributed by atoms with Gasteiger partial charge in [-0.15, -0.1) is 0 Å². The van der Waals surface area contributed by atoms with Gasteiger partial charge in [0.1, 0.15) is 11.5 Å². The number of nitrogens with one attached hydrogen (secondary N) is 1. The molecule has 0 saturated carbocycles. The lowest BCUT2D eigenvalue weighted by Gasteiger charge is -2.05. The van der Waals surface area contributed by atoms with E-state index >= 15 is 0 Å². The molecule has 0 spiro atoms. The Kier molecular flexibility index (Phi) is 5.55. The fraction of sp³-hybridized carbons (Fsp3) is 0.118. The molecule has 21 heavy (non-hydrogen) atoms. The summed E-state index contributed by atoms with van der Waals surface area (Å²) in [6.45, 7) is 0.181. The summed E-state index contributed by atoms with van der Waals surface area (Å²) in [5, 5.41) is 11.2. The number of aliphatic hydroxyl groups is 1. The van der Waals surface area contributed by atoms with E-state index in [1.54, 1.807) is 6.08 Å². The van der Waals surface area contributed by atoms with Crippen molar-refractivity contribution in [2.75, 3.05) is 13.2 Å². The Morgan fingerprint density at radius 3 is 2.62 bits per heavy atom. The predicted molar refractivity (Wildman–Crippen MR) is 82.1 cm³/mol. The second kappa shape index (κ2) is 7.87. The van der Waals surface area contributed by atoms with Crippen molar-refractivity contribution in [1.82, 2.24) is 5.32 Å². The van der Waals surface area contributed by atoms with Gasteiger partial charge >= 0.3 is 0 Å². The summed E-state index contributed by atoms with van der Waals surface area (Å²) in [7, 11) is 0. The van der Waals surface area contributed by atoms with Crippen molar-refractivity contribution in [2.24, 2.45) is 0 Å². The molecule has 0 aromatic heterocycles. The number of para-hydroxylation sites is 1. The van der Waals surface area contributed by atoms with E-state index < -0.39 is 0 Å². The number of carbonyl (C=O) groups excluding carboxylic acids is 1. The summed E-state index contributed by atoms with van der Waals surface area (Å²) in [6.07, 6.45) is 3.13. The third-order valence-electron chi connectivity index (χ3n) is 2.68. The molecule has 0 fully saturated rings. The summed E-state index contributed by atoms with van der Waals surface area (Å²) in [6, 6.07) is 17.0. The summed E-state index contributed by atoms with van der Waals surface area (Å²) in [5.41, 5.74) is 0.863. The Hall–Kier alpha value is -2.59. The van der Waals surface area contributed by atoms with Gasteiger partial charge in [-0.3, -0.25) is 4.79 Å². The average molecular weight is 283 g/mol. The number of rotatable bonds is 6. The van der Waals surface area contributed by atoms with Gasteiger partial charge in [-0.25, -0.2) is 0 Å². The molecule has 4 heteroatoms. The first-order valence-corrected chi connectivity index (χ1v) is 6.67. The van der Waals surface area contributed by atoms with E-state index in [-0.39, 0.29) is 19.1 Å².